The highest BCUT2D eigenvalue weighted by Gasteiger charge is 2.06. The SMILES string of the molecule is OCc1cccc(-c2cccc(-c3cccc(CO)n3)n2)n1. The smallest absolute Gasteiger partial charge is 0.0894 e. The van der Waals surface area contributed by atoms with Crippen LogP contribution in [0.15, 0.2) is 54.6 Å². The Morgan fingerprint density at radius 1 is 0.545 bits per heavy atom. The fourth-order valence-electron chi connectivity index (χ4n) is 2.14. The van der Waals surface area contributed by atoms with E-state index in [9.17, 15) is 10.2 Å². The van der Waals surface area contributed by atoms with Gasteiger partial charge in [0.1, 0.15) is 0 Å². The second-order valence-electron chi connectivity index (χ2n) is 4.75. The van der Waals surface area contributed by atoms with E-state index in [0.29, 0.717) is 34.2 Å². The van der Waals surface area contributed by atoms with Crippen LogP contribution in [0, 0.1) is 0 Å². The van der Waals surface area contributed by atoms with Gasteiger partial charge >= 0.3 is 0 Å². The van der Waals surface area contributed by atoms with Crippen LogP contribution in [0.4, 0.5) is 0 Å². The van der Waals surface area contributed by atoms with E-state index in [1.54, 1.807) is 12.1 Å². The summed E-state index contributed by atoms with van der Waals surface area (Å²) >= 11 is 0. The average Bonchev–Trinajstić information content (AvgIpc) is 2.62. The summed E-state index contributed by atoms with van der Waals surface area (Å²) < 4.78 is 0. The van der Waals surface area contributed by atoms with E-state index in [1.165, 1.54) is 0 Å². The average molecular weight is 293 g/mol. The first-order valence-corrected chi connectivity index (χ1v) is 6.91. The van der Waals surface area contributed by atoms with E-state index >= 15 is 0 Å². The molecule has 0 radical (unpaired) electrons. The van der Waals surface area contributed by atoms with Gasteiger partial charge in [-0.05, 0) is 36.4 Å². The molecule has 0 saturated carbocycles. The molecular formula is C17H15N3O2. The molecule has 0 amide bonds. The van der Waals surface area contributed by atoms with Crippen LogP contribution in [0.3, 0.4) is 0 Å². The maximum absolute atomic E-state index is 9.18. The summed E-state index contributed by atoms with van der Waals surface area (Å²) in [7, 11) is 0. The molecule has 0 bridgehead atoms. The molecule has 3 heterocycles. The molecule has 2 N–H and O–H groups in total. The third-order valence-corrected chi connectivity index (χ3v) is 3.21. The summed E-state index contributed by atoms with van der Waals surface area (Å²) in [5.41, 5.74) is 4.03. The van der Waals surface area contributed by atoms with Crippen molar-refractivity contribution >= 4 is 0 Å². The highest BCUT2D eigenvalue weighted by atomic mass is 16.3. The Morgan fingerprint density at radius 2 is 0.909 bits per heavy atom. The van der Waals surface area contributed by atoms with Gasteiger partial charge in [0.05, 0.1) is 47.4 Å². The number of aromatic nitrogens is 3. The van der Waals surface area contributed by atoms with E-state index in [0.717, 1.165) is 0 Å². The molecule has 0 aromatic carbocycles. The van der Waals surface area contributed by atoms with E-state index in [2.05, 4.69) is 15.0 Å². The third-order valence-electron chi connectivity index (χ3n) is 3.21. The van der Waals surface area contributed by atoms with Crippen molar-refractivity contribution in [2.75, 3.05) is 0 Å². The highest BCUT2D eigenvalue weighted by Crippen LogP contribution is 2.20. The highest BCUT2D eigenvalue weighted by molar-refractivity contribution is 5.61. The van der Waals surface area contributed by atoms with Crippen LogP contribution < -0.4 is 0 Å². The van der Waals surface area contributed by atoms with Gasteiger partial charge in [0.15, 0.2) is 0 Å². The Labute approximate surface area is 128 Å². The Bertz CT molecular complexity index is 727. The maximum atomic E-state index is 9.18. The normalized spacial score (nSPS) is 10.6. The second kappa shape index (κ2) is 6.43. The van der Waals surface area contributed by atoms with Gasteiger partial charge < -0.3 is 10.2 Å². The fraction of sp³-hybridized carbons (Fsp3) is 0.118. The molecule has 5 nitrogen and oxygen atoms in total. The number of rotatable bonds is 4. The van der Waals surface area contributed by atoms with Crippen molar-refractivity contribution in [1.29, 1.82) is 0 Å². The minimum Gasteiger partial charge on any atom is -0.390 e. The summed E-state index contributed by atoms with van der Waals surface area (Å²) in [5, 5.41) is 18.4. The van der Waals surface area contributed by atoms with Crippen molar-refractivity contribution in [2.24, 2.45) is 0 Å². The van der Waals surface area contributed by atoms with Gasteiger partial charge in [-0.3, -0.25) is 0 Å². The summed E-state index contributed by atoms with van der Waals surface area (Å²) in [5.74, 6) is 0. The lowest BCUT2D eigenvalue weighted by atomic mass is 10.2. The molecule has 0 fully saturated rings. The van der Waals surface area contributed by atoms with Crippen molar-refractivity contribution in [3.63, 3.8) is 0 Å². The summed E-state index contributed by atoms with van der Waals surface area (Å²) in [6.07, 6.45) is 0. The Balaban J connectivity index is 2.01. The number of aliphatic hydroxyl groups excluding tert-OH is 2. The van der Waals surface area contributed by atoms with Crippen molar-refractivity contribution in [2.45, 2.75) is 13.2 Å². The molecule has 22 heavy (non-hydrogen) atoms. The first-order valence-electron chi connectivity index (χ1n) is 6.91. The monoisotopic (exact) mass is 293 g/mol. The number of nitrogens with zero attached hydrogens (tertiary/aromatic N) is 3. The molecule has 3 aromatic rings. The molecule has 0 aliphatic heterocycles. The zero-order valence-corrected chi connectivity index (χ0v) is 11.8. The second-order valence-corrected chi connectivity index (χ2v) is 4.75. The number of aliphatic hydroxyl groups is 2. The number of hydrogen-bond acceptors (Lipinski definition) is 5. The number of hydrogen-bond donors (Lipinski definition) is 2. The Hall–Kier alpha value is -2.63. The van der Waals surface area contributed by atoms with Gasteiger partial charge in [-0.15, -0.1) is 0 Å². The van der Waals surface area contributed by atoms with Crippen molar-refractivity contribution < 1.29 is 10.2 Å². The molecule has 0 spiro atoms. The molecular weight excluding hydrogens is 278 g/mol. The lowest BCUT2D eigenvalue weighted by Crippen LogP contribution is -1.96. The van der Waals surface area contributed by atoms with Gasteiger partial charge in [0.2, 0.25) is 0 Å². The Kier molecular flexibility index (Phi) is 4.18. The van der Waals surface area contributed by atoms with Gasteiger partial charge in [0.25, 0.3) is 0 Å². The van der Waals surface area contributed by atoms with Crippen LogP contribution in [0.2, 0.25) is 0 Å². The van der Waals surface area contributed by atoms with Crippen LogP contribution in [0.5, 0.6) is 0 Å². The first kappa shape index (κ1) is 14.3. The first-order chi connectivity index (χ1) is 10.8. The lowest BCUT2D eigenvalue weighted by molar-refractivity contribution is 0.277. The van der Waals surface area contributed by atoms with Crippen LogP contribution in [-0.4, -0.2) is 25.2 Å². The van der Waals surface area contributed by atoms with Crippen LogP contribution >= 0.6 is 0 Å². The minimum atomic E-state index is -0.104. The molecule has 0 aliphatic carbocycles. The molecule has 0 saturated heterocycles. The van der Waals surface area contributed by atoms with Gasteiger partial charge in [-0.25, -0.2) is 15.0 Å². The largest absolute Gasteiger partial charge is 0.390 e. The molecule has 0 unspecified atom stereocenters. The van der Waals surface area contributed by atoms with E-state index in [1.807, 2.05) is 42.5 Å². The van der Waals surface area contributed by atoms with Gasteiger partial charge in [-0.1, -0.05) is 18.2 Å². The summed E-state index contributed by atoms with van der Waals surface area (Å²) in [6.45, 7) is -0.207. The summed E-state index contributed by atoms with van der Waals surface area (Å²) in [4.78, 5) is 13.3. The molecule has 3 aromatic heterocycles. The maximum Gasteiger partial charge on any atom is 0.0894 e. The van der Waals surface area contributed by atoms with Crippen molar-refractivity contribution in [1.82, 2.24) is 15.0 Å². The molecule has 0 aliphatic rings. The Morgan fingerprint density at radius 3 is 1.32 bits per heavy atom. The molecule has 3 rings (SSSR count). The van der Waals surface area contributed by atoms with E-state index in [-0.39, 0.29) is 13.2 Å². The molecule has 5 heteroatoms. The van der Waals surface area contributed by atoms with Crippen LogP contribution in [0.1, 0.15) is 11.4 Å². The topological polar surface area (TPSA) is 79.1 Å². The predicted octanol–water partition coefficient (Wildman–Crippen LogP) is 2.19. The lowest BCUT2D eigenvalue weighted by Gasteiger charge is -2.06. The quantitative estimate of drug-likeness (QED) is 0.771. The molecule has 0 atom stereocenters. The van der Waals surface area contributed by atoms with Crippen LogP contribution in [-0.2, 0) is 13.2 Å². The fourth-order valence-corrected chi connectivity index (χ4v) is 2.14. The van der Waals surface area contributed by atoms with Crippen molar-refractivity contribution in [3.05, 3.63) is 66.0 Å². The van der Waals surface area contributed by atoms with Crippen molar-refractivity contribution in [3.8, 4) is 22.8 Å². The van der Waals surface area contributed by atoms with E-state index < -0.39 is 0 Å². The zero-order chi connectivity index (χ0) is 15.4. The minimum absolute atomic E-state index is 0.104. The summed E-state index contributed by atoms with van der Waals surface area (Å²) in [6, 6.07) is 16.5. The standard InChI is InChI=1S/C17H15N3O2/c21-10-12-4-1-6-14(18-12)16-8-3-9-17(20-16)15-7-2-5-13(11-22)19-15/h1-9,21-22H,10-11H2. The number of pyridine rings is 3. The molecule has 110 valence electrons. The van der Waals surface area contributed by atoms with E-state index in [4.69, 9.17) is 0 Å². The van der Waals surface area contributed by atoms with Crippen LogP contribution in [0.25, 0.3) is 22.8 Å². The third kappa shape index (κ3) is 3.00. The van der Waals surface area contributed by atoms with Gasteiger partial charge in [-0.2, -0.15) is 0 Å². The zero-order valence-electron chi connectivity index (χ0n) is 11.8. The van der Waals surface area contributed by atoms with Gasteiger partial charge in [0, 0.05) is 0 Å². The predicted molar refractivity (Wildman–Crippen MR) is 82.5 cm³/mol.